The van der Waals surface area contributed by atoms with E-state index in [4.69, 9.17) is 0 Å². The van der Waals surface area contributed by atoms with Crippen LogP contribution in [0, 0.1) is 5.82 Å². The smallest absolute Gasteiger partial charge is 0.242 e. The van der Waals surface area contributed by atoms with Crippen LogP contribution in [0.3, 0.4) is 0 Å². The molecule has 36 heavy (non-hydrogen) atoms. The molecule has 0 amide bonds. The van der Waals surface area contributed by atoms with Gasteiger partial charge in [0.1, 0.15) is 5.82 Å². The molecule has 8 nitrogen and oxygen atoms in total. The first-order valence-corrected chi connectivity index (χ1v) is 15.2. The monoisotopic (exact) mass is 538 g/mol. The highest BCUT2D eigenvalue weighted by Gasteiger charge is 2.37. The maximum atomic E-state index is 14.3. The molecule has 0 spiro atoms. The van der Waals surface area contributed by atoms with Gasteiger partial charge < -0.3 is 4.90 Å². The second-order valence-electron chi connectivity index (χ2n) is 9.84. The van der Waals surface area contributed by atoms with Gasteiger partial charge in [-0.1, -0.05) is 25.0 Å². The molecule has 11 heteroatoms. The van der Waals surface area contributed by atoms with Crippen LogP contribution in [0.2, 0.25) is 0 Å². The normalized spacial score (nSPS) is 23.5. The van der Waals surface area contributed by atoms with Crippen LogP contribution >= 0.6 is 0 Å². The van der Waals surface area contributed by atoms with Gasteiger partial charge in [-0.25, -0.2) is 30.3 Å². The molecule has 1 N–H and O–H groups in total. The van der Waals surface area contributed by atoms with E-state index in [1.165, 1.54) is 44.4 Å². The first-order valence-electron chi connectivity index (χ1n) is 12.3. The Morgan fingerprint density at radius 2 is 1.53 bits per heavy atom. The Hall–Kier alpha value is -2.05. The molecule has 1 saturated heterocycles. The highest BCUT2D eigenvalue weighted by Crippen LogP contribution is 2.30. The minimum absolute atomic E-state index is 0.0208. The summed E-state index contributed by atoms with van der Waals surface area (Å²) in [5, 5.41) is 0. The average molecular weight is 539 g/mol. The molecule has 198 valence electrons. The predicted molar refractivity (Wildman–Crippen MR) is 138 cm³/mol. The molecule has 2 aromatic rings. The van der Waals surface area contributed by atoms with Gasteiger partial charge in [-0.2, -0.15) is 0 Å². The number of anilines is 1. The van der Waals surface area contributed by atoms with Crippen LogP contribution < -0.4 is 9.62 Å². The fraction of sp³-hybridized carbons (Fsp3) is 0.520. The van der Waals surface area contributed by atoms with Crippen molar-refractivity contribution in [3.8, 4) is 0 Å². The van der Waals surface area contributed by atoms with Crippen molar-refractivity contribution >= 4 is 25.7 Å². The third-order valence-electron chi connectivity index (χ3n) is 7.40. The SMILES string of the molecule is CN(C1CCN(c2ccccc2F)C1)[C@@H]1CCCC[C@H]1NS(=O)(=O)c1ccc(S(=O)(=O)N(C)C)cc1. The Morgan fingerprint density at radius 3 is 2.19 bits per heavy atom. The summed E-state index contributed by atoms with van der Waals surface area (Å²) in [6.45, 7) is 1.44. The molecule has 4 rings (SSSR count). The van der Waals surface area contributed by atoms with Crippen molar-refractivity contribution in [1.82, 2.24) is 13.9 Å². The van der Waals surface area contributed by atoms with Gasteiger partial charge in [0.15, 0.2) is 0 Å². The van der Waals surface area contributed by atoms with Gasteiger partial charge in [0.2, 0.25) is 20.0 Å². The fourth-order valence-electron chi connectivity index (χ4n) is 5.28. The zero-order valence-corrected chi connectivity index (χ0v) is 22.6. The number of sulfonamides is 2. The van der Waals surface area contributed by atoms with Crippen molar-refractivity contribution in [3.05, 3.63) is 54.3 Å². The first kappa shape index (κ1) is 27.0. The van der Waals surface area contributed by atoms with Crippen molar-refractivity contribution in [2.75, 3.05) is 39.1 Å². The summed E-state index contributed by atoms with van der Waals surface area (Å²) in [6, 6.07) is 12.1. The highest BCUT2D eigenvalue weighted by molar-refractivity contribution is 7.89. The molecule has 2 fully saturated rings. The summed E-state index contributed by atoms with van der Waals surface area (Å²) >= 11 is 0. The maximum Gasteiger partial charge on any atom is 0.242 e. The Kier molecular flexibility index (Phi) is 8.06. The highest BCUT2D eigenvalue weighted by atomic mass is 32.2. The Morgan fingerprint density at radius 1 is 0.889 bits per heavy atom. The van der Waals surface area contributed by atoms with Crippen LogP contribution in [0.1, 0.15) is 32.1 Å². The molecule has 0 aromatic heterocycles. The van der Waals surface area contributed by atoms with Gasteiger partial charge in [0.05, 0.1) is 15.5 Å². The summed E-state index contributed by atoms with van der Waals surface area (Å²) in [5.74, 6) is -0.228. The van der Waals surface area contributed by atoms with E-state index >= 15 is 0 Å². The van der Waals surface area contributed by atoms with Gasteiger partial charge >= 0.3 is 0 Å². The van der Waals surface area contributed by atoms with Crippen molar-refractivity contribution in [1.29, 1.82) is 0 Å². The molecule has 2 aliphatic rings. The minimum Gasteiger partial charge on any atom is -0.368 e. The van der Waals surface area contributed by atoms with Crippen molar-refractivity contribution in [3.63, 3.8) is 0 Å². The van der Waals surface area contributed by atoms with E-state index in [1.54, 1.807) is 12.1 Å². The maximum absolute atomic E-state index is 14.3. The lowest BCUT2D eigenvalue weighted by molar-refractivity contribution is 0.123. The number of rotatable bonds is 8. The quantitative estimate of drug-likeness (QED) is 0.556. The van der Waals surface area contributed by atoms with Gasteiger partial charge in [-0.15, -0.1) is 0 Å². The van der Waals surface area contributed by atoms with Crippen LogP contribution in [-0.2, 0) is 20.0 Å². The van der Waals surface area contributed by atoms with Crippen LogP contribution in [0.5, 0.6) is 0 Å². The summed E-state index contributed by atoms with van der Waals surface area (Å²) in [6.07, 6.45) is 4.44. The second kappa shape index (κ2) is 10.7. The average Bonchev–Trinajstić information content (AvgIpc) is 3.34. The Labute approximate surface area is 214 Å². The summed E-state index contributed by atoms with van der Waals surface area (Å²) < 4.78 is 69.4. The predicted octanol–water partition coefficient (Wildman–Crippen LogP) is 2.88. The molecule has 1 heterocycles. The van der Waals surface area contributed by atoms with E-state index in [0.717, 1.165) is 43.0 Å². The Bertz CT molecular complexity index is 1270. The van der Waals surface area contributed by atoms with Crippen LogP contribution in [0.25, 0.3) is 0 Å². The molecule has 2 aromatic carbocycles. The number of hydrogen-bond acceptors (Lipinski definition) is 6. The van der Waals surface area contributed by atoms with E-state index in [0.29, 0.717) is 12.2 Å². The molecule has 1 unspecified atom stereocenters. The van der Waals surface area contributed by atoms with Gasteiger partial charge in [-0.3, -0.25) is 4.90 Å². The Balaban J connectivity index is 1.46. The topological polar surface area (TPSA) is 90.0 Å². The van der Waals surface area contributed by atoms with Crippen LogP contribution in [0.4, 0.5) is 10.1 Å². The fourth-order valence-corrected chi connectivity index (χ4v) is 7.48. The summed E-state index contributed by atoms with van der Waals surface area (Å²) in [5.41, 5.74) is 0.606. The molecule has 1 aliphatic carbocycles. The largest absolute Gasteiger partial charge is 0.368 e. The van der Waals surface area contributed by atoms with E-state index in [-0.39, 0.29) is 33.7 Å². The lowest BCUT2D eigenvalue weighted by Crippen LogP contribution is -2.55. The third-order valence-corrected chi connectivity index (χ3v) is 10.7. The number of nitrogens with zero attached hydrogens (tertiary/aromatic N) is 3. The summed E-state index contributed by atoms with van der Waals surface area (Å²) in [7, 11) is -2.58. The third kappa shape index (κ3) is 5.60. The lowest BCUT2D eigenvalue weighted by Gasteiger charge is -2.41. The zero-order valence-electron chi connectivity index (χ0n) is 21.0. The van der Waals surface area contributed by atoms with E-state index in [2.05, 4.69) is 14.5 Å². The summed E-state index contributed by atoms with van der Waals surface area (Å²) in [4.78, 5) is 4.41. The van der Waals surface area contributed by atoms with E-state index in [9.17, 15) is 21.2 Å². The van der Waals surface area contributed by atoms with Crippen LogP contribution in [-0.4, -0.2) is 78.4 Å². The number of nitrogens with one attached hydrogen (secondary N) is 1. The molecule has 1 aliphatic heterocycles. The van der Waals surface area contributed by atoms with Gasteiger partial charge in [-0.05, 0) is 62.7 Å². The van der Waals surface area contributed by atoms with E-state index < -0.39 is 20.0 Å². The number of hydrogen-bond donors (Lipinski definition) is 1. The van der Waals surface area contributed by atoms with Crippen molar-refractivity contribution < 1.29 is 21.2 Å². The molecule has 3 atom stereocenters. The molecule has 0 radical (unpaired) electrons. The first-order chi connectivity index (χ1) is 17.0. The van der Waals surface area contributed by atoms with Crippen LogP contribution in [0.15, 0.2) is 58.3 Å². The second-order valence-corrected chi connectivity index (χ2v) is 13.7. The standard InChI is InChI=1S/C25H35FN4O4S2/c1-28(2)36(33,34)21-14-12-20(13-15-21)35(31,32)27-23-9-5-7-11-25(23)29(3)19-16-17-30(18-19)24-10-6-4-8-22(24)26/h4,6,8,10,12-15,19,23,25,27H,5,7,9,11,16-18H2,1-3H3/t19?,23-,25-/m1/s1. The molecule has 1 saturated carbocycles. The number of para-hydroxylation sites is 1. The van der Waals surface area contributed by atoms with Gasteiger partial charge in [0, 0.05) is 45.3 Å². The van der Waals surface area contributed by atoms with Crippen molar-refractivity contribution in [2.24, 2.45) is 0 Å². The lowest BCUT2D eigenvalue weighted by atomic mass is 9.89. The minimum atomic E-state index is -3.84. The molecule has 0 bridgehead atoms. The number of halogens is 1. The number of likely N-dealkylation sites (N-methyl/N-ethyl adjacent to an activating group) is 1. The molecular weight excluding hydrogens is 503 g/mol. The molecular formula is C25H35FN4O4S2. The number of benzene rings is 2. The van der Waals surface area contributed by atoms with Crippen molar-refractivity contribution in [2.45, 2.75) is 60.0 Å². The van der Waals surface area contributed by atoms with Gasteiger partial charge in [0.25, 0.3) is 0 Å². The zero-order chi connectivity index (χ0) is 26.1. The van der Waals surface area contributed by atoms with E-state index in [1.807, 2.05) is 13.1 Å².